The van der Waals surface area contributed by atoms with Gasteiger partial charge in [-0.2, -0.15) is 4.39 Å². The topological polar surface area (TPSA) is 208 Å². The predicted octanol–water partition coefficient (Wildman–Crippen LogP) is -0.0857. The van der Waals surface area contributed by atoms with Crippen molar-refractivity contribution in [2.45, 2.75) is 96.3 Å². The molecule has 0 radical (unpaired) electrons. The molecule has 0 saturated carbocycles. The van der Waals surface area contributed by atoms with Gasteiger partial charge in [-0.3, -0.25) is 28.5 Å². The van der Waals surface area contributed by atoms with Crippen LogP contribution in [-0.2, 0) is 32.9 Å². The lowest BCUT2D eigenvalue weighted by atomic mass is 9.96. The first-order valence-electron chi connectivity index (χ1n) is 12.4. The van der Waals surface area contributed by atoms with E-state index in [1.54, 1.807) is 4.98 Å². The molecule has 1 saturated heterocycles. The molecular weight excluding hydrogens is 584 g/mol. The number of carbonyl (C=O) groups excluding carboxylic acids is 2. The van der Waals surface area contributed by atoms with E-state index in [4.69, 9.17) is 18.7 Å². The molecule has 234 valence electrons. The number of carbonyl (C=O) groups is 2. The van der Waals surface area contributed by atoms with Gasteiger partial charge in [-0.05, 0) is 41.5 Å². The molecule has 6 atom stereocenters. The maximum absolute atomic E-state index is 14.4. The summed E-state index contributed by atoms with van der Waals surface area (Å²) in [7, 11) is -4.71. The molecule has 0 aromatic carbocycles. The van der Waals surface area contributed by atoms with E-state index in [1.807, 2.05) is 0 Å². The molecule has 0 spiro atoms. The minimum atomic E-state index is -4.71. The van der Waals surface area contributed by atoms with Crippen LogP contribution >= 0.6 is 7.67 Å². The summed E-state index contributed by atoms with van der Waals surface area (Å²) >= 11 is 0. The van der Waals surface area contributed by atoms with Crippen LogP contribution in [0.2, 0.25) is 0 Å². The number of ether oxygens (including phenoxy) is 3. The van der Waals surface area contributed by atoms with Gasteiger partial charge in [0, 0.05) is 0 Å². The number of hydrogen-bond acceptors (Lipinski definition) is 11. The summed E-state index contributed by atoms with van der Waals surface area (Å²) in [5, 5.41) is 25.5. The van der Waals surface area contributed by atoms with Gasteiger partial charge in [-0.1, -0.05) is 0 Å². The molecule has 2 heterocycles. The number of aromatic nitrogens is 2. The van der Waals surface area contributed by atoms with Gasteiger partial charge in [-0.15, -0.1) is 0 Å². The summed E-state index contributed by atoms with van der Waals surface area (Å²) in [5.41, 5.74) is -5.97. The second-order valence-corrected chi connectivity index (χ2v) is 11.7. The third-order valence-corrected chi connectivity index (χ3v) is 7.58. The van der Waals surface area contributed by atoms with Gasteiger partial charge in [0.1, 0.15) is 24.3 Å². The molecule has 5 N–H and O–H groups in total. The van der Waals surface area contributed by atoms with Crippen molar-refractivity contribution in [3.8, 4) is 0 Å². The van der Waals surface area contributed by atoms with E-state index in [2.05, 4.69) is 10.2 Å². The van der Waals surface area contributed by atoms with Crippen molar-refractivity contribution in [2.24, 2.45) is 0 Å². The number of nitrogens with one attached hydrogen (secondary N) is 3. The summed E-state index contributed by atoms with van der Waals surface area (Å²) in [5.74, 6) is -3.36. The van der Waals surface area contributed by atoms with Gasteiger partial charge < -0.3 is 28.9 Å². The Morgan fingerprint density at radius 2 is 1.56 bits per heavy atom. The third kappa shape index (κ3) is 8.24. The van der Waals surface area contributed by atoms with Crippen LogP contribution in [0, 0.1) is 5.82 Å². The van der Waals surface area contributed by atoms with E-state index < -0.39 is 98.0 Å². The molecular formula is C22H34F3N4O11P. The molecule has 41 heavy (non-hydrogen) atoms. The van der Waals surface area contributed by atoms with Gasteiger partial charge >= 0.3 is 25.3 Å². The summed E-state index contributed by atoms with van der Waals surface area (Å²) in [6.45, 7) is 7.10. The van der Waals surface area contributed by atoms with Crippen LogP contribution in [0.15, 0.2) is 15.8 Å². The highest BCUT2D eigenvalue weighted by atomic mass is 31.2. The van der Waals surface area contributed by atoms with Crippen LogP contribution in [0.4, 0.5) is 13.2 Å². The first-order chi connectivity index (χ1) is 18.8. The number of aliphatic hydroxyl groups is 2. The SMILES string of the molecule is CC(C)OC(=O)[C@H](C)NP(=O)(N[C@@H](C)C(=O)OC(C)C)OC[C@@]1(C(F)F)O[C@@H](n2cc(F)c(=O)[nH]c2=O)[C@@H](O)[C@@H]1O. The second kappa shape index (κ2) is 13.6. The molecule has 1 fully saturated rings. The van der Waals surface area contributed by atoms with Gasteiger partial charge in [0.25, 0.3) is 12.0 Å². The number of rotatable bonds is 13. The fourth-order valence-corrected chi connectivity index (χ4v) is 5.47. The zero-order valence-electron chi connectivity index (χ0n) is 23.0. The molecule has 0 aliphatic carbocycles. The monoisotopic (exact) mass is 618 g/mol. The fourth-order valence-electron chi connectivity index (χ4n) is 3.63. The van der Waals surface area contributed by atoms with Crippen molar-refractivity contribution >= 4 is 19.6 Å². The van der Waals surface area contributed by atoms with Gasteiger partial charge in [0.15, 0.2) is 11.8 Å². The Morgan fingerprint density at radius 3 is 2.00 bits per heavy atom. The van der Waals surface area contributed by atoms with Gasteiger partial charge in [0.2, 0.25) is 5.82 Å². The molecule has 15 nitrogen and oxygen atoms in total. The van der Waals surface area contributed by atoms with Crippen molar-refractivity contribution in [1.29, 1.82) is 0 Å². The first-order valence-corrected chi connectivity index (χ1v) is 14.0. The molecule has 19 heteroatoms. The minimum Gasteiger partial charge on any atom is -0.462 e. The molecule has 0 amide bonds. The molecule has 1 aliphatic rings. The second-order valence-electron chi connectivity index (χ2n) is 9.84. The lowest BCUT2D eigenvalue weighted by molar-refractivity contribution is -0.192. The number of H-pyrrole nitrogens is 1. The Bertz CT molecular complexity index is 1230. The lowest BCUT2D eigenvalue weighted by Crippen LogP contribution is -2.53. The van der Waals surface area contributed by atoms with E-state index in [9.17, 15) is 47.1 Å². The Kier molecular flexibility index (Phi) is 11.5. The zero-order valence-corrected chi connectivity index (χ0v) is 23.9. The summed E-state index contributed by atoms with van der Waals surface area (Å²) in [6.07, 6.45) is -11.5. The zero-order chi connectivity index (χ0) is 31.4. The lowest BCUT2D eigenvalue weighted by Gasteiger charge is -2.33. The van der Waals surface area contributed by atoms with Crippen LogP contribution < -0.4 is 21.4 Å². The molecule has 0 unspecified atom stereocenters. The van der Waals surface area contributed by atoms with Crippen molar-refractivity contribution in [3.63, 3.8) is 0 Å². The van der Waals surface area contributed by atoms with Crippen LogP contribution in [0.5, 0.6) is 0 Å². The van der Waals surface area contributed by atoms with E-state index >= 15 is 0 Å². The first kappa shape index (κ1) is 34.6. The largest absolute Gasteiger partial charge is 0.462 e. The number of alkyl halides is 2. The van der Waals surface area contributed by atoms with Crippen LogP contribution in [0.1, 0.15) is 47.8 Å². The van der Waals surface area contributed by atoms with Gasteiger partial charge in [0.05, 0.1) is 25.0 Å². The molecule has 1 aliphatic heterocycles. The predicted molar refractivity (Wildman–Crippen MR) is 133 cm³/mol. The maximum Gasteiger partial charge on any atom is 0.342 e. The standard InChI is InChI=1S/C22H34F3N4O11P/c1-9(2)38-18(33)11(5)27-41(36,28-12(6)19(34)39-10(3)4)37-8-22(20(24)25)15(31)14(30)17(40-22)29-7-13(23)16(32)26-21(29)35/h7,9-12,14-15,17,20,30-31H,8H2,1-6H3,(H,26,32,35)(H2,27,28,36)/t11-,12-,14-,15-,17+,22+/m0/s1. The van der Waals surface area contributed by atoms with E-state index in [1.165, 1.54) is 41.5 Å². The molecule has 2 rings (SSSR count). The van der Waals surface area contributed by atoms with Crippen molar-refractivity contribution < 1.29 is 56.3 Å². The van der Waals surface area contributed by atoms with Crippen molar-refractivity contribution in [2.75, 3.05) is 6.61 Å². The summed E-state index contributed by atoms with van der Waals surface area (Å²) < 4.78 is 77.1. The van der Waals surface area contributed by atoms with E-state index in [-0.39, 0.29) is 10.8 Å². The van der Waals surface area contributed by atoms with Gasteiger partial charge in [-0.25, -0.2) is 23.7 Å². The average molecular weight is 618 g/mol. The van der Waals surface area contributed by atoms with Crippen LogP contribution in [-0.4, -0.2) is 86.8 Å². The number of nitrogens with zero attached hydrogens (tertiary/aromatic N) is 1. The highest BCUT2D eigenvalue weighted by Gasteiger charge is 2.61. The minimum absolute atomic E-state index is 0.235. The Balaban J connectivity index is 2.42. The van der Waals surface area contributed by atoms with Crippen molar-refractivity contribution in [3.05, 3.63) is 32.9 Å². The molecule has 0 bridgehead atoms. The van der Waals surface area contributed by atoms with Crippen LogP contribution in [0.3, 0.4) is 0 Å². The normalized spacial score (nSPS) is 24.6. The fraction of sp³-hybridized carbons (Fsp3) is 0.727. The third-order valence-electron chi connectivity index (χ3n) is 5.63. The Labute approximate surface area is 231 Å². The Hall–Kier alpha value is -2.60. The molecule has 1 aromatic rings. The quantitative estimate of drug-likeness (QED) is 0.145. The smallest absolute Gasteiger partial charge is 0.342 e. The highest BCUT2D eigenvalue weighted by Crippen LogP contribution is 2.46. The van der Waals surface area contributed by atoms with Crippen molar-refractivity contribution in [1.82, 2.24) is 19.7 Å². The average Bonchev–Trinajstić information content (AvgIpc) is 3.10. The number of esters is 2. The summed E-state index contributed by atoms with van der Waals surface area (Å²) in [6, 6.07) is -2.77. The maximum atomic E-state index is 14.4. The highest BCUT2D eigenvalue weighted by molar-refractivity contribution is 7.54. The number of aliphatic hydroxyl groups excluding tert-OH is 2. The molecule has 1 aromatic heterocycles. The summed E-state index contributed by atoms with van der Waals surface area (Å²) in [4.78, 5) is 49.7. The van der Waals surface area contributed by atoms with E-state index in [0.29, 0.717) is 0 Å². The number of aromatic amines is 1. The van der Waals surface area contributed by atoms with E-state index in [0.717, 1.165) is 0 Å². The number of halogens is 3. The Morgan fingerprint density at radius 1 is 1.07 bits per heavy atom. The number of hydrogen-bond donors (Lipinski definition) is 5. The van der Waals surface area contributed by atoms with Crippen LogP contribution in [0.25, 0.3) is 0 Å².